The molecule has 0 N–H and O–H groups in total. The van der Waals surface area contributed by atoms with Crippen LogP contribution in [0.5, 0.6) is 0 Å². The molecule has 0 unspecified atom stereocenters. The minimum atomic E-state index is -0.683. The highest BCUT2D eigenvalue weighted by Gasteiger charge is 2.31. The quantitative estimate of drug-likeness (QED) is 0.671. The number of hydrogen-bond donors (Lipinski definition) is 0. The number of rotatable bonds is 4. The van der Waals surface area contributed by atoms with E-state index in [9.17, 15) is 14.4 Å². The van der Waals surface area contributed by atoms with Gasteiger partial charge < -0.3 is 14.2 Å². The molecule has 8 heteroatoms. The lowest BCUT2D eigenvalue weighted by Gasteiger charge is -2.34. The number of halogens is 1. The van der Waals surface area contributed by atoms with Crippen molar-refractivity contribution in [2.45, 2.75) is 38.6 Å². The van der Waals surface area contributed by atoms with Gasteiger partial charge in [-0.2, -0.15) is 0 Å². The van der Waals surface area contributed by atoms with Crippen molar-refractivity contribution in [3.8, 4) is 0 Å². The zero-order valence-corrected chi connectivity index (χ0v) is 18.1. The monoisotopic (exact) mass is 442 g/mol. The van der Waals surface area contributed by atoms with Gasteiger partial charge in [-0.05, 0) is 43.2 Å². The van der Waals surface area contributed by atoms with Gasteiger partial charge >= 0.3 is 5.97 Å². The summed E-state index contributed by atoms with van der Waals surface area (Å²) in [5, 5.41) is 0.180. The number of ketones is 1. The van der Waals surface area contributed by atoms with Crippen molar-refractivity contribution in [1.82, 2.24) is 4.57 Å². The summed E-state index contributed by atoms with van der Waals surface area (Å²) >= 11 is 1.73. The molecule has 0 spiro atoms. The van der Waals surface area contributed by atoms with E-state index in [2.05, 4.69) is 0 Å². The van der Waals surface area contributed by atoms with Crippen molar-refractivity contribution < 1.29 is 18.7 Å². The first-order valence-corrected chi connectivity index (χ1v) is 11.6. The fourth-order valence-electron chi connectivity index (χ4n) is 4.38. The molecular weight excluding hydrogens is 419 g/mol. The molecule has 0 amide bonds. The fraction of sp³-hybridized carbons (Fsp3) is 0.435. The number of hydrogen-bond acceptors (Lipinski definition) is 6. The van der Waals surface area contributed by atoms with E-state index < -0.39 is 17.2 Å². The first kappa shape index (κ1) is 20.3. The van der Waals surface area contributed by atoms with E-state index in [1.807, 2.05) is 9.47 Å². The van der Waals surface area contributed by atoms with Crippen LogP contribution in [0.1, 0.15) is 49.0 Å². The summed E-state index contributed by atoms with van der Waals surface area (Å²) in [6, 6.07) is 3.11. The van der Waals surface area contributed by atoms with E-state index in [-0.39, 0.29) is 29.4 Å². The van der Waals surface area contributed by atoms with E-state index in [4.69, 9.17) is 4.74 Å². The van der Waals surface area contributed by atoms with Gasteiger partial charge in [-0.15, -0.1) is 11.8 Å². The van der Waals surface area contributed by atoms with Gasteiger partial charge in [0.05, 0.1) is 17.8 Å². The Kier molecular flexibility index (Phi) is 5.12. The van der Waals surface area contributed by atoms with Crippen LogP contribution in [0.15, 0.2) is 33.6 Å². The molecule has 1 aromatic carbocycles. The summed E-state index contributed by atoms with van der Waals surface area (Å²) in [5.41, 5.74) is 1.21. The Morgan fingerprint density at radius 2 is 2.06 bits per heavy atom. The molecule has 2 aliphatic heterocycles. The molecule has 3 heterocycles. The van der Waals surface area contributed by atoms with Gasteiger partial charge in [-0.3, -0.25) is 9.59 Å². The number of pyridine rings is 1. The second-order valence-electron chi connectivity index (χ2n) is 8.15. The zero-order valence-electron chi connectivity index (χ0n) is 17.3. The van der Waals surface area contributed by atoms with Crippen LogP contribution in [-0.4, -0.2) is 41.8 Å². The number of fused-ring (bicyclic) bond motifs is 1. The summed E-state index contributed by atoms with van der Waals surface area (Å²) in [4.78, 5) is 40.6. The molecule has 2 aromatic rings. The van der Waals surface area contributed by atoms with E-state index in [1.54, 1.807) is 30.9 Å². The number of thioether (sulfide) groups is 1. The fourth-order valence-corrected chi connectivity index (χ4v) is 5.50. The van der Waals surface area contributed by atoms with Crippen LogP contribution in [0.3, 0.4) is 0 Å². The van der Waals surface area contributed by atoms with Crippen LogP contribution < -0.4 is 10.3 Å². The molecule has 0 atom stereocenters. The number of aromatic nitrogens is 1. The highest BCUT2D eigenvalue weighted by atomic mass is 32.2. The predicted molar refractivity (Wildman–Crippen MR) is 118 cm³/mol. The normalized spacial score (nSPS) is 19.0. The maximum absolute atomic E-state index is 15.2. The Bertz CT molecular complexity index is 1200. The summed E-state index contributed by atoms with van der Waals surface area (Å²) in [6.45, 7) is 2.85. The lowest BCUT2D eigenvalue weighted by Crippen LogP contribution is -2.35. The van der Waals surface area contributed by atoms with Crippen molar-refractivity contribution in [1.29, 1.82) is 0 Å². The molecule has 0 bridgehead atoms. The van der Waals surface area contributed by atoms with Gasteiger partial charge in [0.25, 0.3) is 0 Å². The Morgan fingerprint density at radius 3 is 2.81 bits per heavy atom. The molecule has 1 aromatic heterocycles. The molecule has 0 saturated heterocycles. The Labute approximate surface area is 183 Å². The lowest BCUT2D eigenvalue weighted by molar-refractivity contribution is -0.115. The molecule has 1 saturated carbocycles. The van der Waals surface area contributed by atoms with E-state index in [1.165, 1.54) is 6.07 Å². The molecule has 6 nitrogen and oxygen atoms in total. The second kappa shape index (κ2) is 7.82. The zero-order chi connectivity index (χ0) is 21.7. The van der Waals surface area contributed by atoms with Crippen LogP contribution in [0.4, 0.5) is 10.1 Å². The number of esters is 1. The molecule has 1 aliphatic carbocycles. The number of nitrogens with zero attached hydrogens (tertiary/aromatic N) is 2. The maximum Gasteiger partial charge on any atom is 0.343 e. The molecule has 1 fully saturated rings. The number of ether oxygens (including phenoxy) is 1. The van der Waals surface area contributed by atoms with E-state index >= 15 is 4.39 Å². The second-order valence-corrected chi connectivity index (χ2v) is 9.34. The Hall–Kier alpha value is -2.61. The SMILES string of the molecule is CCOC(=O)c1cn(C2CC2)c2cc(N3CCC4=C(C3)C(=O)CCS4)c(F)cc2c1=O. The van der Waals surface area contributed by atoms with Crippen LogP contribution in [0.2, 0.25) is 0 Å². The van der Waals surface area contributed by atoms with Crippen LogP contribution in [0.25, 0.3) is 10.9 Å². The first-order valence-electron chi connectivity index (χ1n) is 10.7. The van der Waals surface area contributed by atoms with Gasteiger partial charge in [0.15, 0.2) is 5.78 Å². The smallest absolute Gasteiger partial charge is 0.343 e. The molecule has 162 valence electrons. The molecule has 0 radical (unpaired) electrons. The number of Topliss-reactive ketones (excluding diaryl/α,β-unsaturated/α-hetero) is 1. The van der Waals surface area contributed by atoms with E-state index in [0.29, 0.717) is 30.7 Å². The molecule has 3 aliphatic rings. The summed E-state index contributed by atoms with van der Waals surface area (Å²) < 4.78 is 22.2. The van der Waals surface area contributed by atoms with Crippen molar-refractivity contribution >= 4 is 40.1 Å². The lowest BCUT2D eigenvalue weighted by atomic mass is 10.0. The third-order valence-corrected chi connectivity index (χ3v) is 7.32. The van der Waals surface area contributed by atoms with Gasteiger partial charge in [-0.25, -0.2) is 9.18 Å². The van der Waals surface area contributed by atoms with Gasteiger partial charge in [-0.1, -0.05) is 0 Å². The van der Waals surface area contributed by atoms with Gasteiger partial charge in [0.2, 0.25) is 5.43 Å². The minimum Gasteiger partial charge on any atom is -0.462 e. The topological polar surface area (TPSA) is 68.6 Å². The van der Waals surface area contributed by atoms with Crippen molar-refractivity contribution in [2.75, 3.05) is 30.3 Å². The Morgan fingerprint density at radius 1 is 1.26 bits per heavy atom. The molecule has 5 rings (SSSR count). The predicted octanol–water partition coefficient (Wildman–Crippen LogP) is 3.82. The number of anilines is 1. The van der Waals surface area contributed by atoms with Crippen molar-refractivity contribution in [2.24, 2.45) is 0 Å². The van der Waals surface area contributed by atoms with Crippen molar-refractivity contribution in [3.05, 3.63) is 50.4 Å². The third kappa shape index (κ3) is 3.56. The largest absolute Gasteiger partial charge is 0.462 e. The average molecular weight is 443 g/mol. The summed E-state index contributed by atoms with van der Waals surface area (Å²) in [6.07, 6.45) is 4.69. The number of carbonyl (C=O) groups excluding carboxylic acids is 2. The summed E-state index contributed by atoms with van der Waals surface area (Å²) in [5.74, 6) is -0.239. The molecular formula is C23H23FN2O4S. The van der Waals surface area contributed by atoms with Gasteiger partial charge in [0, 0.05) is 48.5 Å². The number of carbonyl (C=O) groups is 2. The van der Waals surface area contributed by atoms with Crippen molar-refractivity contribution in [3.63, 3.8) is 0 Å². The molecule has 31 heavy (non-hydrogen) atoms. The highest BCUT2D eigenvalue weighted by molar-refractivity contribution is 8.03. The highest BCUT2D eigenvalue weighted by Crippen LogP contribution is 2.40. The van der Waals surface area contributed by atoms with E-state index in [0.717, 1.165) is 35.5 Å². The number of benzene rings is 1. The standard InChI is InChI=1S/C23H23FN2O4S/c1-2-30-23(29)16-12-26(13-3-4-13)18-10-19(17(24)9-14(18)22(16)28)25-7-5-21-15(11-25)20(27)6-8-31-21/h9-10,12-13H,2-8,11H2,1H3. The van der Waals surface area contributed by atoms with Crippen LogP contribution in [0, 0.1) is 5.82 Å². The maximum atomic E-state index is 15.2. The van der Waals surface area contributed by atoms with Gasteiger partial charge in [0.1, 0.15) is 11.4 Å². The van der Waals surface area contributed by atoms with Crippen LogP contribution in [-0.2, 0) is 9.53 Å². The Balaban J connectivity index is 1.61. The third-order valence-electron chi connectivity index (χ3n) is 6.11. The minimum absolute atomic E-state index is 0.0639. The van der Waals surface area contributed by atoms with Crippen LogP contribution >= 0.6 is 11.8 Å². The average Bonchev–Trinajstić information content (AvgIpc) is 3.60. The summed E-state index contributed by atoms with van der Waals surface area (Å²) in [7, 11) is 0. The first-order chi connectivity index (χ1) is 15.0.